The summed E-state index contributed by atoms with van der Waals surface area (Å²) in [6.07, 6.45) is 0.0638. The zero-order valence-corrected chi connectivity index (χ0v) is 9.72. The Hall–Kier alpha value is -1.01. The van der Waals surface area contributed by atoms with E-state index < -0.39 is 5.97 Å². The summed E-state index contributed by atoms with van der Waals surface area (Å²) in [4.78, 5) is 15.2. The first-order chi connectivity index (χ1) is 7.61. The Morgan fingerprint density at radius 3 is 2.50 bits per heavy atom. The molecule has 3 N–H and O–H groups in total. The van der Waals surface area contributed by atoms with Crippen molar-refractivity contribution < 1.29 is 14.4 Å². The van der Waals surface area contributed by atoms with Crippen LogP contribution in [0.2, 0.25) is 10.0 Å². The van der Waals surface area contributed by atoms with Crippen LogP contribution in [0.4, 0.5) is 0 Å². The molecule has 0 spiro atoms. The van der Waals surface area contributed by atoms with Crippen LogP contribution in [-0.4, -0.2) is 12.6 Å². The zero-order chi connectivity index (χ0) is 12.0. The minimum absolute atomic E-state index is 0.0638. The van der Waals surface area contributed by atoms with Crippen molar-refractivity contribution in [3.63, 3.8) is 0 Å². The SMILES string of the molecule is NNOC(=O)CCOc1cc(Cl)cc(Cl)c1. The van der Waals surface area contributed by atoms with Crippen LogP contribution in [0.15, 0.2) is 18.2 Å². The Morgan fingerprint density at radius 2 is 1.94 bits per heavy atom. The number of carbonyl (C=O) groups excluding carboxylic acids is 1. The van der Waals surface area contributed by atoms with Crippen molar-refractivity contribution in [2.75, 3.05) is 6.61 Å². The number of hydrogen-bond donors (Lipinski definition) is 2. The molecule has 0 saturated heterocycles. The average Bonchev–Trinajstić information content (AvgIpc) is 2.16. The molecule has 1 aromatic rings. The maximum absolute atomic E-state index is 10.9. The van der Waals surface area contributed by atoms with Gasteiger partial charge in [0.25, 0.3) is 0 Å². The molecule has 0 heterocycles. The van der Waals surface area contributed by atoms with Crippen molar-refractivity contribution in [3.8, 4) is 5.75 Å². The number of hydrazine groups is 1. The van der Waals surface area contributed by atoms with Gasteiger partial charge in [-0.05, 0) is 18.2 Å². The van der Waals surface area contributed by atoms with Gasteiger partial charge in [-0.3, -0.25) is 4.79 Å². The van der Waals surface area contributed by atoms with Crippen LogP contribution in [0.1, 0.15) is 6.42 Å². The van der Waals surface area contributed by atoms with Gasteiger partial charge >= 0.3 is 5.97 Å². The highest BCUT2D eigenvalue weighted by Crippen LogP contribution is 2.24. The van der Waals surface area contributed by atoms with Crippen LogP contribution in [0, 0.1) is 0 Å². The summed E-state index contributed by atoms with van der Waals surface area (Å²) in [5, 5.41) is 0.933. The van der Waals surface area contributed by atoms with E-state index in [-0.39, 0.29) is 13.0 Å². The topological polar surface area (TPSA) is 73.6 Å². The molecule has 0 aliphatic rings. The molecule has 1 rings (SSSR count). The molecule has 0 saturated carbocycles. The third kappa shape index (κ3) is 4.67. The highest BCUT2D eigenvalue weighted by Gasteiger charge is 2.04. The van der Waals surface area contributed by atoms with E-state index >= 15 is 0 Å². The van der Waals surface area contributed by atoms with E-state index in [0.29, 0.717) is 15.8 Å². The van der Waals surface area contributed by atoms with Gasteiger partial charge < -0.3 is 9.57 Å². The first-order valence-corrected chi connectivity index (χ1v) is 5.11. The lowest BCUT2D eigenvalue weighted by Crippen LogP contribution is -2.26. The maximum atomic E-state index is 10.9. The Balaban J connectivity index is 2.40. The van der Waals surface area contributed by atoms with Crippen LogP contribution in [0.3, 0.4) is 0 Å². The van der Waals surface area contributed by atoms with Crippen molar-refractivity contribution >= 4 is 29.2 Å². The van der Waals surface area contributed by atoms with E-state index in [1.807, 2.05) is 0 Å². The third-order valence-electron chi connectivity index (χ3n) is 1.58. The van der Waals surface area contributed by atoms with E-state index in [0.717, 1.165) is 0 Å². The Kier molecular flexibility index (Phi) is 5.34. The summed E-state index contributed by atoms with van der Waals surface area (Å²) >= 11 is 11.5. The minimum atomic E-state index is -0.518. The van der Waals surface area contributed by atoms with Crippen LogP contribution in [-0.2, 0) is 9.63 Å². The Bertz CT molecular complexity index is 354. The fourth-order valence-corrected chi connectivity index (χ4v) is 1.49. The fraction of sp³-hybridized carbons (Fsp3) is 0.222. The summed E-state index contributed by atoms with van der Waals surface area (Å²) in [5.74, 6) is 4.76. The molecule has 0 aromatic heterocycles. The first-order valence-electron chi connectivity index (χ1n) is 4.36. The van der Waals surface area contributed by atoms with Gasteiger partial charge in [-0.25, -0.2) is 5.84 Å². The zero-order valence-electron chi connectivity index (χ0n) is 8.20. The van der Waals surface area contributed by atoms with Gasteiger partial charge in [-0.2, -0.15) is 0 Å². The molecule has 0 bridgehead atoms. The summed E-state index contributed by atoms with van der Waals surface area (Å²) < 4.78 is 5.25. The number of hydrogen-bond acceptors (Lipinski definition) is 5. The highest BCUT2D eigenvalue weighted by molar-refractivity contribution is 6.34. The normalized spacial score (nSPS) is 9.94. The lowest BCUT2D eigenvalue weighted by Gasteiger charge is -2.06. The largest absolute Gasteiger partial charge is 0.493 e. The van der Waals surface area contributed by atoms with E-state index in [1.165, 1.54) is 0 Å². The van der Waals surface area contributed by atoms with Gasteiger partial charge in [0.15, 0.2) is 0 Å². The van der Waals surface area contributed by atoms with Crippen LogP contribution in [0.5, 0.6) is 5.75 Å². The van der Waals surface area contributed by atoms with Gasteiger partial charge in [0, 0.05) is 10.0 Å². The molecule has 0 unspecified atom stereocenters. The van der Waals surface area contributed by atoms with Crippen LogP contribution >= 0.6 is 23.2 Å². The molecule has 5 nitrogen and oxygen atoms in total. The lowest BCUT2D eigenvalue weighted by molar-refractivity contribution is -0.151. The number of ether oxygens (including phenoxy) is 1. The maximum Gasteiger partial charge on any atom is 0.329 e. The molecule has 0 radical (unpaired) electrons. The molecule has 1 aromatic carbocycles. The Morgan fingerprint density at radius 1 is 1.31 bits per heavy atom. The highest BCUT2D eigenvalue weighted by atomic mass is 35.5. The van der Waals surface area contributed by atoms with E-state index in [2.05, 4.69) is 4.84 Å². The van der Waals surface area contributed by atoms with E-state index in [4.69, 9.17) is 33.8 Å². The average molecular weight is 265 g/mol. The molecule has 16 heavy (non-hydrogen) atoms. The number of halogens is 2. The van der Waals surface area contributed by atoms with Crippen LogP contribution in [0.25, 0.3) is 0 Å². The summed E-state index contributed by atoms with van der Waals surface area (Å²) in [7, 11) is 0. The Labute approximate surface area is 102 Å². The van der Waals surface area contributed by atoms with E-state index in [9.17, 15) is 4.79 Å². The standard InChI is InChI=1S/C9H10Cl2N2O3/c10-6-3-7(11)5-8(4-6)15-2-1-9(14)16-13-12/h3-5,13H,1-2,12H2. The predicted molar refractivity (Wildman–Crippen MR) is 60.0 cm³/mol. The molecular weight excluding hydrogens is 255 g/mol. The molecular formula is C9H10Cl2N2O3. The van der Waals surface area contributed by atoms with Gasteiger partial charge in [-0.15, -0.1) is 0 Å². The fourth-order valence-electron chi connectivity index (χ4n) is 0.981. The first kappa shape index (κ1) is 13.1. The van der Waals surface area contributed by atoms with Crippen molar-refractivity contribution in [1.82, 2.24) is 5.59 Å². The molecule has 0 amide bonds. The van der Waals surface area contributed by atoms with Gasteiger partial charge in [0.2, 0.25) is 0 Å². The second kappa shape index (κ2) is 6.55. The second-order valence-electron chi connectivity index (χ2n) is 2.80. The number of carbonyl (C=O) groups is 1. The molecule has 7 heteroatoms. The van der Waals surface area contributed by atoms with Crippen molar-refractivity contribution in [2.24, 2.45) is 5.84 Å². The smallest absolute Gasteiger partial charge is 0.329 e. The minimum Gasteiger partial charge on any atom is -0.493 e. The second-order valence-corrected chi connectivity index (χ2v) is 3.67. The van der Waals surface area contributed by atoms with Crippen LogP contribution < -0.4 is 16.2 Å². The summed E-state index contributed by atoms with van der Waals surface area (Å²) in [6, 6.07) is 4.78. The quantitative estimate of drug-likeness (QED) is 0.626. The number of rotatable bonds is 5. The molecule has 0 aliphatic heterocycles. The van der Waals surface area contributed by atoms with Gasteiger partial charge in [0.1, 0.15) is 5.75 Å². The van der Waals surface area contributed by atoms with Crippen molar-refractivity contribution in [2.45, 2.75) is 6.42 Å². The third-order valence-corrected chi connectivity index (χ3v) is 2.02. The lowest BCUT2D eigenvalue weighted by atomic mass is 10.3. The molecule has 0 atom stereocenters. The summed E-state index contributed by atoms with van der Waals surface area (Å²) in [6.45, 7) is 0.150. The molecule has 0 aliphatic carbocycles. The predicted octanol–water partition coefficient (Wildman–Crippen LogP) is 1.68. The molecule has 0 fully saturated rings. The monoisotopic (exact) mass is 264 g/mol. The van der Waals surface area contributed by atoms with Crippen molar-refractivity contribution in [3.05, 3.63) is 28.2 Å². The number of nitrogens with one attached hydrogen (secondary N) is 1. The molecule has 88 valence electrons. The number of benzene rings is 1. The van der Waals surface area contributed by atoms with Gasteiger partial charge in [0.05, 0.1) is 13.0 Å². The summed E-state index contributed by atoms with van der Waals surface area (Å²) in [5.41, 5.74) is 1.79. The van der Waals surface area contributed by atoms with Crippen molar-refractivity contribution in [1.29, 1.82) is 0 Å². The van der Waals surface area contributed by atoms with Gasteiger partial charge in [-0.1, -0.05) is 28.8 Å². The number of nitrogens with two attached hydrogens (primary N) is 1. The van der Waals surface area contributed by atoms with E-state index in [1.54, 1.807) is 23.8 Å².